The van der Waals surface area contributed by atoms with Crippen molar-refractivity contribution in [1.82, 2.24) is 0 Å². The third-order valence-electron chi connectivity index (χ3n) is 3.77. The zero-order valence-electron chi connectivity index (χ0n) is 9.61. The SMILES string of the molecule is C=C[C@@H]1O[C@H](C(C)C)[C@@H]2CCCC(=O)[C@@H]21. The van der Waals surface area contributed by atoms with Crippen LogP contribution in [0.4, 0.5) is 0 Å². The summed E-state index contributed by atoms with van der Waals surface area (Å²) < 4.78 is 5.95. The summed E-state index contributed by atoms with van der Waals surface area (Å²) in [6, 6.07) is 0. The maximum atomic E-state index is 11.9. The highest BCUT2D eigenvalue weighted by atomic mass is 16.5. The second-order valence-corrected chi connectivity index (χ2v) is 5.09. The number of ether oxygens (including phenoxy) is 1. The van der Waals surface area contributed by atoms with E-state index in [0.29, 0.717) is 17.6 Å². The molecule has 1 aliphatic carbocycles. The van der Waals surface area contributed by atoms with Crippen molar-refractivity contribution in [2.24, 2.45) is 17.8 Å². The number of hydrogen-bond donors (Lipinski definition) is 0. The van der Waals surface area contributed by atoms with E-state index in [1.165, 1.54) is 0 Å². The van der Waals surface area contributed by atoms with Crippen LogP contribution in [0.25, 0.3) is 0 Å². The van der Waals surface area contributed by atoms with Gasteiger partial charge in [0, 0.05) is 6.42 Å². The van der Waals surface area contributed by atoms with Gasteiger partial charge in [0.1, 0.15) is 5.78 Å². The minimum Gasteiger partial charge on any atom is -0.370 e. The van der Waals surface area contributed by atoms with E-state index in [0.717, 1.165) is 19.3 Å². The van der Waals surface area contributed by atoms with Crippen molar-refractivity contribution in [3.05, 3.63) is 12.7 Å². The van der Waals surface area contributed by atoms with Gasteiger partial charge in [-0.25, -0.2) is 0 Å². The summed E-state index contributed by atoms with van der Waals surface area (Å²) in [5.74, 6) is 1.42. The van der Waals surface area contributed by atoms with E-state index < -0.39 is 0 Å². The second-order valence-electron chi connectivity index (χ2n) is 5.09. The van der Waals surface area contributed by atoms with Crippen LogP contribution in [0.5, 0.6) is 0 Å². The van der Waals surface area contributed by atoms with Crippen molar-refractivity contribution in [2.75, 3.05) is 0 Å². The number of carbonyl (C=O) groups is 1. The predicted octanol–water partition coefficient (Wildman–Crippen LogP) is 2.58. The zero-order chi connectivity index (χ0) is 11.0. The Balaban J connectivity index is 2.22. The number of carbonyl (C=O) groups excluding carboxylic acids is 1. The quantitative estimate of drug-likeness (QED) is 0.652. The highest BCUT2D eigenvalue weighted by Gasteiger charge is 2.48. The average molecular weight is 208 g/mol. The van der Waals surface area contributed by atoms with Crippen LogP contribution in [0, 0.1) is 17.8 Å². The second kappa shape index (κ2) is 4.09. The first-order valence-corrected chi connectivity index (χ1v) is 5.96. The molecular formula is C13H20O2. The van der Waals surface area contributed by atoms with Crippen molar-refractivity contribution in [3.8, 4) is 0 Å². The molecule has 2 nitrogen and oxygen atoms in total. The van der Waals surface area contributed by atoms with E-state index in [2.05, 4.69) is 20.4 Å². The standard InChI is InChI=1S/C13H20O2/c1-4-11-12-9(6-5-7-10(12)14)13(15-11)8(2)3/h4,8-9,11-13H,1,5-7H2,2-3H3/t9-,11+,12-,13-/m1/s1. The van der Waals surface area contributed by atoms with Crippen molar-refractivity contribution < 1.29 is 9.53 Å². The fourth-order valence-electron chi connectivity index (χ4n) is 3.11. The minimum atomic E-state index is -0.0322. The normalized spacial score (nSPS) is 40.6. The molecule has 2 rings (SSSR count). The summed E-state index contributed by atoms with van der Waals surface area (Å²) in [4.78, 5) is 11.9. The molecule has 84 valence electrons. The zero-order valence-corrected chi connectivity index (χ0v) is 9.61. The lowest BCUT2D eigenvalue weighted by atomic mass is 9.73. The molecule has 0 N–H and O–H groups in total. The maximum Gasteiger partial charge on any atom is 0.139 e. The first-order chi connectivity index (χ1) is 7.15. The number of Topliss-reactive ketones (excluding diaryl/α,β-unsaturated/α-hetero) is 1. The van der Waals surface area contributed by atoms with Crippen LogP contribution in [-0.4, -0.2) is 18.0 Å². The lowest BCUT2D eigenvalue weighted by Crippen LogP contribution is -2.34. The number of hydrogen-bond acceptors (Lipinski definition) is 2. The van der Waals surface area contributed by atoms with Gasteiger partial charge in [-0.1, -0.05) is 19.9 Å². The van der Waals surface area contributed by atoms with Crippen molar-refractivity contribution in [3.63, 3.8) is 0 Å². The van der Waals surface area contributed by atoms with Gasteiger partial charge in [-0.3, -0.25) is 4.79 Å². The van der Waals surface area contributed by atoms with Gasteiger partial charge in [0.2, 0.25) is 0 Å². The van der Waals surface area contributed by atoms with Gasteiger partial charge in [0.05, 0.1) is 18.1 Å². The molecule has 1 saturated heterocycles. The molecule has 0 unspecified atom stereocenters. The smallest absolute Gasteiger partial charge is 0.139 e. The summed E-state index contributed by atoms with van der Waals surface area (Å²) in [6.07, 6.45) is 4.95. The Morgan fingerprint density at radius 3 is 2.87 bits per heavy atom. The molecule has 0 bridgehead atoms. The summed E-state index contributed by atoms with van der Waals surface area (Å²) in [6.45, 7) is 8.13. The molecule has 1 heterocycles. The summed E-state index contributed by atoms with van der Waals surface area (Å²) in [7, 11) is 0. The number of rotatable bonds is 2. The maximum absolute atomic E-state index is 11.9. The van der Waals surface area contributed by atoms with E-state index >= 15 is 0 Å². The Bertz CT molecular complexity index is 270. The van der Waals surface area contributed by atoms with E-state index in [4.69, 9.17) is 4.74 Å². The van der Waals surface area contributed by atoms with Crippen LogP contribution in [0.3, 0.4) is 0 Å². The Morgan fingerprint density at radius 1 is 1.53 bits per heavy atom. The van der Waals surface area contributed by atoms with Crippen molar-refractivity contribution in [1.29, 1.82) is 0 Å². The lowest BCUT2D eigenvalue weighted by molar-refractivity contribution is -0.126. The molecule has 0 radical (unpaired) electrons. The first-order valence-electron chi connectivity index (χ1n) is 5.96. The molecule has 0 amide bonds. The Hall–Kier alpha value is -0.630. The number of fused-ring (bicyclic) bond motifs is 1. The Morgan fingerprint density at radius 2 is 2.27 bits per heavy atom. The average Bonchev–Trinajstić information content (AvgIpc) is 2.58. The molecule has 2 aliphatic rings. The molecule has 0 aromatic heterocycles. The third kappa shape index (κ3) is 1.76. The van der Waals surface area contributed by atoms with Gasteiger partial charge in [-0.05, 0) is 24.7 Å². The molecule has 15 heavy (non-hydrogen) atoms. The lowest BCUT2D eigenvalue weighted by Gasteiger charge is -2.28. The first kappa shape index (κ1) is 10.9. The minimum absolute atomic E-state index is 0.0322. The van der Waals surface area contributed by atoms with Crippen LogP contribution in [0.1, 0.15) is 33.1 Å². The molecule has 1 aliphatic heterocycles. The van der Waals surface area contributed by atoms with E-state index in [1.54, 1.807) is 0 Å². The van der Waals surface area contributed by atoms with Gasteiger partial charge in [0.25, 0.3) is 0 Å². The fraction of sp³-hybridized carbons (Fsp3) is 0.769. The molecule has 2 fully saturated rings. The predicted molar refractivity (Wildman–Crippen MR) is 59.5 cm³/mol. The molecule has 0 aromatic rings. The van der Waals surface area contributed by atoms with Crippen LogP contribution in [-0.2, 0) is 9.53 Å². The number of ketones is 1. The van der Waals surface area contributed by atoms with Crippen LogP contribution < -0.4 is 0 Å². The monoisotopic (exact) mass is 208 g/mol. The summed E-state index contributed by atoms with van der Waals surface area (Å²) >= 11 is 0. The Labute approximate surface area is 91.7 Å². The van der Waals surface area contributed by atoms with Crippen LogP contribution in [0.15, 0.2) is 12.7 Å². The molecular weight excluding hydrogens is 188 g/mol. The van der Waals surface area contributed by atoms with Crippen LogP contribution in [0.2, 0.25) is 0 Å². The van der Waals surface area contributed by atoms with Gasteiger partial charge >= 0.3 is 0 Å². The Kier molecular flexibility index (Phi) is 2.96. The van der Waals surface area contributed by atoms with Crippen LogP contribution >= 0.6 is 0 Å². The van der Waals surface area contributed by atoms with Gasteiger partial charge in [-0.2, -0.15) is 0 Å². The third-order valence-corrected chi connectivity index (χ3v) is 3.77. The van der Waals surface area contributed by atoms with E-state index in [1.807, 2.05) is 6.08 Å². The highest BCUT2D eigenvalue weighted by Crippen LogP contribution is 2.43. The molecule has 2 heteroatoms. The summed E-state index contributed by atoms with van der Waals surface area (Å²) in [5.41, 5.74) is 0. The van der Waals surface area contributed by atoms with Gasteiger partial charge < -0.3 is 4.74 Å². The molecule has 0 aromatic carbocycles. The van der Waals surface area contributed by atoms with Gasteiger partial charge in [-0.15, -0.1) is 6.58 Å². The van der Waals surface area contributed by atoms with Gasteiger partial charge in [0.15, 0.2) is 0 Å². The summed E-state index contributed by atoms with van der Waals surface area (Å²) in [5, 5.41) is 0. The fourth-order valence-corrected chi connectivity index (χ4v) is 3.11. The molecule has 4 atom stereocenters. The largest absolute Gasteiger partial charge is 0.370 e. The van der Waals surface area contributed by atoms with E-state index in [9.17, 15) is 4.79 Å². The topological polar surface area (TPSA) is 26.3 Å². The molecule has 1 saturated carbocycles. The van der Waals surface area contributed by atoms with Crippen molar-refractivity contribution >= 4 is 5.78 Å². The van der Waals surface area contributed by atoms with E-state index in [-0.39, 0.29) is 18.1 Å². The molecule has 0 spiro atoms. The highest BCUT2D eigenvalue weighted by molar-refractivity contribution is 5.83. The van der Waals surface area contributed by atoms with Crippen molar-refractivity contribution in [2.45, 2.75) is 45.3 Å².